The highest BCUT2D eigenvalue weighted by Gasteiger charge is 2.27. The van der Waals surface area contributed by atoms with Crippen LogP contribution in [0.15, 0.2) is 28.8 Å². The third-order valence-electron chi connectivity index (χ3n) is 6.47. The van der Waals surface area contributed by atoms with Gasteiger partial charge in [-0.1, -0.05) is 17.3 Å². The van der Waals surface area contributed by atoms with Crippen LogP contribution in [0.2, 0.25) is 0 Å². The van der Waals surface area contributed by atoms with Gasteiger partial charge >= 0.3 is 6.09 Å². The molecule has 3 aromatic rings. The molecule has 1 amide bonds. The SMILES string of the molecule is CCOC(=O)N1CCN(c2nc(-c3cccc(OCC(O)CNC)c3)nc(-c3c(C)noc3C)c2C)CC1. The number of piperazine rings is 1. The second-order valence-corrected chi connectivity index (χ2v) is 9.27. The normalized spacial score (nSPS) is 14.5. The monoisotopic (exact) mass is 524 g/mol. The van der Waals surface area contributed by atoms with Crippen LogP contribution in [-0.2, 0) is 4.74 Å². The number of nitrogens with zero attached hydrogens (tertiary/aromatic N) is 5. The molecule has 1 unspecified atom stereocenters. The maximum Gasteiger partial charge on any atom is 0.409 e. The molecule has 0 saturated carbocycles. The number of aryl methyl sites for hydroxylation is 2. The Morgan fingerprint density at radius 3 is 2.61 bits per heavy atom. The summed E-state index contributed by atoms with van der Waals surface area (Å²) in [5.74, 6) is 2.63. The van der Waals surface area contributed by atoms with E-state index in [0.29, 0.717) is 56.7 Å². The predicted octanol–water partition coefficient (Wildman–Crippen LogP) is 2.96. The van der Waals surface area contributed by atoms with Crippen molar-refractivity contribution in [3.8, 4) is 28.4 Å². The number of rotatable bonds is 9. The molecule has 204 valence electrons. The number of benzene rings is 1. The van der Waals surface area contributed by atoms with Gasteiger partial charge in [0.15, 0.2) is 5.82 Å². The number of ether oxygens (including phenoxy) is 2. The number of aliphatic hydroxyl groups excluding tert-OH is 1. The van der Waals surface area contributed by atoms with E-state index in [1.807, 2.05) is 45.0 Å². The zero-order valence-corrected chi connectivity index (χ0v) is 22.7. The van der Waals surface area contributed by atoms with Crippen LogP contribution in [0.3, 0.4) is 0 Å². The second-order valence-electron chi connectivity index (χ2n) is 9.27. The van der Waals surface area contributed by atoms with Crippen molar-refractivity contribution in [1.82, 2.24) is 25.3 Å². The number of likely N-dealkylation sites (N-methyl/N-ethyl adjacent to an activating group) is 1. The number of aliphatic hydroxyl groups is 1. The molecule has 1 atom stereocenters. The van der Waals surface area contributed by atoms with Crippen LogP contribution in [0.25, 0.3) is 22.6 Å². The van der Waals surface area contributed by atoms with Gasteiger partial charge in [-0.3, -0.25) is 0 Å². The summed E-state index contributed by atoms with van der Waals surface area (Å²) in [4.78, 5) is 26.0. The molecule has 0 radical (unpaired) electrons. The molecule has 1 saturated heterocycles. The molecule has 1 aromatic carbocycles. The molecule has 0 aliphatic carbocycles. The third-order valence-corrected chi connectivity index (χ3v) is 6.47. The zero-order valence-electron chi connectivity index (χ0n) is 22.7. The van der Waals surface area contributed by atoms with E-state index in [1.54, 1.807) is 18.9 Å². The average Bonchev–Trinajstić information content (AvgIpc) is 3.25. The van der Waals surface area contributed by atoms with Crippen LogP contribution in [0.5, 0.6) is 5.75 Å². The summed E-state index contributed by atoms with van der Waals surface area (Å²) in [7, 11) is 1.78. The van der Waals surface area contributed by atoms with Gasteiger partial charge in [0.25, 0.3) is 0 Å². The summed E-state index contributed by atoms with van der Waals surface area (Å²) in [6, 6.07) is 7.53. The first-order chi connectivity index (χ1) is 18.3. The van der Waals surface area contributed by atoms with Crippen LogP contribution in [0.4, 0.5) is 10.6 Å². The van der Waals surface area contributed by atoms with E-state index in [-0.39, 0.29) is 12.7 Å². The van der Waals surface area contributed by atoms with Crippen LogP contribution in [0, 0.1) is 20.8 Å². The summed E-state index contributed by atoms with van der Waals surface area (Å²) in [6.07, 6.45) is -0.911. The Morgan fingerprint density at radius 2 is 1.95 bits per heavy atom. The number of amides is 1. The lowest BCUT2D eigenvalue weighted by molar-refractivity contribution is 0.105. The highest BCUT2D eigenvalue weighted by atomic mass is 16.6. The number of carbonyl (C=O) groups is 1. The standard InChI is InChI=1S/C27H36N6O5/c1-6-36-27(35)33-12-10-32(11-13-33)26-17(2)24(23-18(3)31-38-19(23)4)29-25(30-26)20-8-7-9-22(14-20)37-16-21(34)15-28-5/h7-9,14,21,28,34H,6,10-13,15-16H2,1-5H3. The fourth-order valence-corrected chi connectivity index (χ4v) is 4.53. The fourth-order valence-electron chi connectivity index (χ4n) is 4.53. The van der Waals surface area contributed by atoms with Crippen molar-refractivity contribution in [3.05, 3.63) is 41.3 Å². The van der Waals surface area contributed by atoms with Crippen LogP contribution < -0.4 is 15.0 Å². The number of hydrogen-bond acceptors (Lipinski definition) is 10. The molecule has 3 heterocycles. The molecule has 1 aliphatic rings. The fraction of sp³-hybridized carbons (Fsp3) is 0.481. The number of anilines is 1. The summed E-state index contributed by atoms with van der Waals surface area (Å²) in [5.41, 5.74) is 4.05. The van der Waals surface area contributed by atoms with Crippen molar-refractivity contribution < 1.29 is 23.9 Å². The van der Waals surface area contributed by atoms with E-state index in [9.17, 15) is 9.90 Å². The quantitative estimate of drug-likeness (QED) is 0.431. The Hall–Kier alpha value is -3.70. The molecule has 0 bridgehead atoms. The number of nitrogens with one attached hydrogen (secondary N) is 1. The summed E-state index contributed by atoms with van der Waals surface area (Å²) < 4.78 is 16.4. The second kappa shape index (κ2) is 12.2. The average molecular weight is 525 g/mol. The van der Waals surface area contributed by atoms with E-state index >= 15 is 0 Å². The molecule has 2 aromatic heterocycles. The van der Waals surface area contributed by atoms with Gasteiger partial charge in [0.1, 0.15) is 30.0 Å². The molecule has 1 aliphatic heterocycles. The first kappa shape index (κ1) is 27.3. The lowest BCUT2D eigenvalue weighted by Crippen LogP contribution is -2.49. The lowest BCUT2D eigenvalue weighted by Gasteiger charge is -2.35. The van der Waals surface area contributed by atoms with Crippen LogP contribution in [0.1, 0.15) is 23.9 Å². The van der Waals surface area contributed by atoms with E-state index < -0.39 is 6.10 Å². The first-order valence-corrected chi connectivity index (χ1v) is 12.9. The first-order valence-electron chi connectivity index (χ1n) is 12.9. The Kier molecular flexibility index (Phi) is 8.80. The largest absolute Gasteiger partial charge is 0.491 e. The highest BCUT2D eigenvalue weighted by molar-refractivity contribution is 5.75. The zero-order chi connectivity index (χ0) is 27.2. The molecule has 2 N–H and O–H groups in total. The number of carbonyl (C=O) groups excluding carboxylic acids is 1. The summed E-state index contributed by atoms with van der Waals surface area (Å²) >= 11 is 0. The van der Waals surface area contributed by atoms with E-state index in [0.717, 1.165) is 33.9 Å². The molecule has 11 nitrogen and oxygen atoms in total. The lowest BCUT2D eigenvalue weighted by atomic mass is 10.0. The number of hydrogen-bond donors (Lipinski definition) is 2. The van der Waals surface area contributed by atoms with Crippen molar-refractivity contribution >= 4 is 11.9 Å². The van der Waals surface area contributed by atoms with Crippen molar-refractivity contribution in [1.29, 1.82) is 0 Å². The van der Waals surface area contributed by atoms with E-state index in [2.05, 4.69) is 15.4 Å². The number of aromatic nitrogens is 3. The Bertz CT molecular complexity index is 1240. The van der Waals surface area contributed by atoms with Gasteiger partial charge in [-0.2, -0.15) is 0 Å². The molecule has 4 rings (SSSR count). The minimum absolute atomic E-state index is 0.166. The van der Waals surface area contributed by atoms with Gasteiger partial charge in [0, 0.05) is 43.9 Å². The minimum Gasteiger partial charge on any atom is -0.491 e. The summed E-state index contributed by atoms with van der Waals surface area (Å²) in [6.45, 7) is 10.8. The molecule has 1 fully saturated rings. The van der Waals surface area contributed by atoms with Gasteiger partial charge in [0.05, 0.1) is 23.6 Å². The third kappa shape index (κ3) is 6.05. The predicted molar refractivity (Wildman–Crippen MR) is 143 cm³/mol. The van der Waals surface area contributed by atoms with Crippen LogP contribution in [-0.4, -0.2) is 90.3 Å². The van der Waals surface area contributed by atoms with Gasteiger partial charge in [-0.05, 0) is 46.9 Å². The maximum atomic E-state index is 12.2. The van der Waals surface area contributed by atoms with Gasteiger partial charge < -0.3 is 34.2 Å². The molecular weight excluding hydrogens is 488 g/mol. The van der Waals surface area contributed by atoms with E-state index in [1.165, 1.54) is 0 Å². The van der Waals surface area contributed by atoms with E-state index in [4.69, 9.17) is 24.0 Å². The topological polar surface area (TPSA) is 126 Å². The van der Waals surface area contributed by atoms with Crippen LogP contribution >= 0.6 is 0 Å². The molecule has 38 heavy (non-hydrogen) atoms. The Balaban J connectivity index is 1.69. The molecule has 11 heteroatoms. The van der Waals surface area contributed by atoms with Gasteiger partial charge in [-0.25, -0.2) is 14.8 Å². The van der Waals surface area contributed by atoms with Gasteiger partial charge in [0.2, 0.25) is 0 Å². The highest BCUT2D eigenvalue weighted by Crippen LogP contribution is 2.35. The molecule has 0 spiro atoms. The van der Waals surface area contributed by atoms with Gasteiger partial charge in [-0.15, -0.1) is 0 Å². The smallest absolute Gasteiger partial charge is 0.409 e. The Labute approximate surface area is 222 Å². The Morgan fingerprint density at radius 1 is 1.18 bits per heavy atom. The van der Waals surface area contributed by atoms with Crippen molar-refractivity contribution in [2.24, 2.45) is 0 Å². The van der Waals surface area contributed by atoms with Crippen molar-refractivity contribution in [3.63, 3.8) is 0 Å². The summed E-state index contributed by atoms with van der Waals surface area (Å²) in [5, 5.41) is 17.1. The van der Waals surface area contributed by atoms with Crippen molar-refractivity contribution in [2.75, 3.05) is 57.9 Å². The van der Waals surface area contributed by atoms with Crippen molar-refractivity contribution in [2.45, 2.75) is 33.8 Å². The minimum atomic E-state index is -0.620. The maximum absolute atomic E-state index is 12.2. The molecular formula is C27H36N6O5.